The van der Waals surface area contributed by atoms with Crippen molar-refractivity contribution in [3.63, 3.8) is 0 Å². The highest BCUT2D eigenvalue weighted by Gasteiger charge is 2.09. The fourth-order valence-electron chi connectivity index (χ4n) is 1.99. The summed E-state index contributed by atoms with van der Waals surface area (Å²) < 4.78 is 13.7. The molecule has 0 heterocycles. The zero-order valence-corrected chi connectivity index (χ0v) is 12.4. The van der Waals surface area contributed by atoms with Gasteiger partial charge in [0.15, 0.2) is 0 Å². The molecule has 0 atom stereocenters. The number of rotatable bonds is 5. The van der Waals surface area contributed by atoms with Crippen molar-refractivity contribution in [1.29, 1.82) is 0 Å². The third kappa shape index (κ3) is 3.95. The van der Waals surface area contributed by atoms with Crippen LogP contribution in [-0.4, -0.2) is 13.0 Å². The molecule has 5 heteroatoms. The zero-order valence-electron chi connectivity index (χ0n) is 11.6. The Morgan fingerprint density at radius 1 is 1.19 bits per heavy atom. The Labute approximate surface area is 128 Å². The molecule has 0 aliphatic carbocycles. The van der Waals surface area contributed by atoms with Crippen LogP contribution in [0.3, 0.4) is 0 Å². The van der Waals surface area contributed by atoms with Crippen molar-refractivity contribution in [2.24, 2.45) is 0 Å². The van der Waals surface area contributed by atoms with Crippen molar-refractivity contribution in [3.05, 3.63) is 64.4 Å². The van der Waals surface area contributed by atoms with Crippen molar-refractivity contribution in [2.75, 3.05) is 12.4 Å². The van der Waals surface area contributed by atoms with Crippen molar-refractivity contribution in [2.45, 2.75) is 13.0 Å². The van der Waals surface area contributed by atoms with Crippen LogP contribution >= 0.6 is 11.6 Å². The molecule has 2 N–H and O–H groups in total. The third-order valence-corrected chi connectivity index (χ3v) is 3.52. The summed E-state index contributed by atoms with van der Waals surface area (Å²) in [5, 5.41) is 6.10. The molecule has 0 aliphatic rings. The number of halogens is 2. The fraction of sp³-hybridized carbons (Fsp3) is 0.188. The second kappa shape index (κ2) is 7.09. The van der Waals surface area contributed by atoms with Gasteiger partial charge in [0.05, 0.1) is 6.42 Å². The van der Waals surface area contributed by atoms with E-state index in [0.29, 0.717) is 10.6 Å². The quantitative estimate of drug-likeness (QED) is 0.889. The van der Waals surface area contributed by atoms with Crippen LogP contribution in [0.4, 0.5) is 10.1 Å². The van der Waals surface area contributed by atoms with Crippen LogP contribution in [-0.2, 0) is 17.8 Å². The van der Waals surface area contributed by atoms with Crippen molar-refractivity contribution in [3.8, 4) is 0 Å². The molecule has 0 spiro atoms. The van der Waals surface area contributed by atoms with Gasteiger partial charge in [-0.15, -0.1) is 0 Å². The molecule has 0 fully saturated rings. The average molecular weight is 307 g/mol. The van der Waals surface area contributed by atoms with Crippen molar-refractivity contribution in [1.82, 2.24) is 5.32 Å². The number of anilines is 1. The molecule has 1 amide bonds. The first-order chi connectivity index (χ1) is 10.1. The van der Waals surface area contributed by atoms with Crippen LogP contribution < -0.4 is 10.6 Å². The number of hydrogen-bond donors (Lipinski definition) is 2. The molecule has 110 valence electrons. The van der Waals surface area contributed by atoms with E-state index in [4.69, 9.17) is 11.6 Å². The number of nitrogens with one attached hydrogen (secondary N) is 2. The lowest BCUT2D eigenvalue weighted by atomic mass is 10.1. The lowest BCUT2D eigenvalue weighted by molar-refractivity contribution is -0.119. The Kier molecular flexibility index (Phi) is 5.17. The Morgan fingerprint density at radius 3 is 2.67 bits per heavy atom. The molecule has 3 nitrogen and oxygen atoms in total. The van der Waals surface area contributed by atoms with E-state index in [1.54, 1.807) is 19.2 Å². The van der Waals surface area contributed by atoms with Crippen LogP contribution in [0.5, 0.6) is 0 Å². The van der Waals surface area contributed by atoms with E-state index in [2.05, 4.69) is 10.6 Å². The second-order valence-electron chi connectivity index (χ2n) is 4.56. The Balaban J connectivity index is 2.15. The van der Waals surface area contributed by atoms with Gasteiger partial charge < -0.3 is 10.6 Å². The lowest BCUT2D eigenvalue weighted by Gasteiger charge is -2.13. The standard InChI is InChI=1S/C16H16ClFN2O/c1-19-16(21)9-11-5-2-3-8-15(11)20-10-12-13(17)6-4-7-14(12)18/h2-8,20H,9-10H2,1H3,(H,19,21). The normalized spacial score (nSPS) is 10.2. The fourth-order valence-corrected chi connectivity index (χ4v) is 2.22. The van der Waals surface area contributed by atoms with Gasteiger partial charge >= 0.3 is 0 Å². The maximum Gasteiger partial charge on any atom is 0.224 e. The Bertz CT molecular complexity index is 626. The van der Waals surface area contributed by atoms with E-state index in [0.717, 1.165) is 11.3 Å². The van der Waals surface area contributed by atoms with Gasteiger partial charge in [-0.25, -0.2) is 4.39 Å². The maximum atomic E-state index is 13.7. The highest BCUT2D eigenvalue weighted by molar-refractivity contribution is 6.31. The smallest absolute Gasteiger partial charge is 0.224 e. The second-order valence-corrected chi connectivity index (χ2v) is 4.97. The summed E-state index contributed by atoms with van der Waals surface area (Å²) in [7, 11) is 1.59. The van der Waals surface area contributed by atoms with Gasteiger partial charge in [-0.05, 0) is 23.8 Å². The lowest BCUT2D eigenvalue weighted by Crippen LogP contribution is -2.20. The van der Waals surface area contributed by atoms with Gasteiger partial charge in [0.25, 0.3) is 0 Å². The van der Waals surface area contributed by atoms with E-state index in [1.807, 2.05) is 24.3 Å². The first kappa shape index (κ1) is 15.3. The highest BCUT2D eigenvalue weighted by Crippen LogP contribution is 2.22. The van der Waals surface area contributed by atoms with Gasteiger partial charge in [0.1, 0.15) is 5.82 Å². The highest BCUT2D eigenvalue weighted by atomic mass is 35.5. The van der Waals surface area contributed by atoms with Gasteiger partial charge in [0, 0.05) is 29.9 Å². The molecule has 0 unspecified atom stereocenters. The minimum absolute atomic E-state index is 0.0758. The predicted molar refractivity (Wildman–Crippen MR) is 82.9 cm³/mol. The number of para-hydroxylation sites is 1. The summed E-state index contributed by atoms with van der Waals surface area (Å²) in [6.45, 7) is 0.260. The first-order valence-electron chi connectivity index (χ1n) is 6.57. The minimum Gasteiger partial charge on any atom is -0.381 e. The van der Waals surface area contributed by atoms with E-state index in [9.17, 15) is 9.18 Å². The topological polar surface area (TPSA) is 41.1 Å². The zero-order chi connectivity index (χ0) is 15.2. The van der Waals surface area contributed by atoms with Crippen LogP contribution in [0.25, 0.3) is 0 Å². The Morgan fingerprint density at radius 2 is 1.95 bits per heavy atom. The molecular weight excluding hydrogens is 291 g/mol. The molecule has 21 heavy (non-hydrogen) atoms. The molecule has 0 bridgehead atoms. The van der Waals surface area contributed by atoms with Crippen LogP contribution in [0, 0.1) is 5.82 Å². The Hall–Kier alpha value is -2.07. The summed E-state index contributed by atoms with van der Waals surface area (Å²) in [5.74, 6) is -0.424. The minimum atomic E-state index is -0.348. The summed E-state index contributed by atoms with van der Waals surface area (Å²) >= 11 is 6.00. The molecule has 0 aliphatic heterocycles. The number of carbonyl (C=O) groups is 1. The molecule has 0 saturated carbocycles. The predicted octanol–water partition coefficient (Wildman–Crippen LogP) is 3.38. The van der Waals surface area contributed by atoms with E-state index in [-0.39, 0.29) is 24.7 Å². The largest absolute Gasteiger partial charge is 0.381 e. The van der Waals surface area contributed by atoms with E-state index in [1.165, 1.54) is 6.07 Å². The molecular formula is C16H16ClFN2O. The van der Waals surface area contributed by atoms with Crippen molar-refractivity contribution < 1.29 is 9.18 Å². The van der Waals surface area contributed by atoms with Crippen LogP contribution in [0.1, 0.15) is 11.1 Å². The maximum absolute atomic E-state index is 13.7. The third-order valence-electron chi connectivity index (χ3n) is 3.16. The molecule has 2 rings (SSSR count). The first-order valence-corrected chi connectivity index (χ1v) is 6.95. The van der Waals surface area contributed by atoms with Gasteiger partial charge in [-0.3, -0.25) is 4.79 Å². The summed E-state index contributed by atoms with van der Waals surface area (Å²) in [4.78, 5) is 11.5. The summed E-state index contributed by atoms with van der Waals surface area (Å²) in [5.41, 5.74) is 2.05. The van der Waals surface area contributed by atoms with Gasteiger partial charge in [0.2, 0.25) is 5.91 Å². The van der Waals surface area contributed by atoms with Gasteiger partial charge in [-0.2, -0.15) is 0 Å². The molecule has 2 aromatic carbocycles. The van der Waals surface area contributed by atoms with Crippen molar-refractivity contribution >= 4 is 23.2 Å². The number of carbonyl (C=O) groups excluding carboxylic acids is 1. The molecule has 0 saturated heterocycles. The molecule has 2 aromatic rings. The van der Waals surface area contributed by atoms with Crippen LogP contribution in [0.15, 0.2) is 42.5 Å². The SMILES string of the molecule is CNC(=O)Cc1ccccc1NCc1c(F)cccc1Cl. The molecule has 0 radical (unpaired) electrons. The summed E-state index contributed by atoms with van der Waals surface area (Å²) in [6.07, 6.45) is 0.269. The molecule has 0 aromatic heterocycles. The van der Waals surface area contributed by atoms with E-state index < -0.39 is 0 Å². The van der Waals surface area contributed by atoms with Gasteiger partial charge in [-0.1, -0.05) is 35.9 Å². The summed E-state index contributed by atoms with van der Waals surface area (Å²) in [6, 6.07) is 12.0. The van der Waals surface area contributed by atoms with E-state index >= 15 is 0 Å². The number of likely N-dealkylation sites (N-methyl/N-ethyl adjacent to an activating group) is 1. The number of hydrogen-bond acceptors (Lipinski definition) is 2. The number of benzene rings is 2. The number of amides is 1. The van der Waals surface area contributed by atoms with Crippen LogP contribution in [0.2, 0.25) is 5.02 Å². The average Bonchev–Trinajstić information content (AvgIpc) is 2.48. The monoisotopic (exact) mass is 306 g/mol.